The Morgan fingerprint density at radius 2 is 1.47 bits per heavy atom. The summed E-state index contributed by atoms with van der Waals surface area (Å²) in [7, 11) is 0. The van der Waals surface area contributed by atoms with Gasteiger partial charge in [-0.25, -0.2) is 0 Å². The molecule has 0 unspecified atom stereocenters. The van der Waals surface area contributed by atoms with Gasteiger partial charge in [-0.2, -0.15) is 0 Å². The van der Waals surface area contributed by atoms with Gasteiger partial charge in [0.05, 0.1) is 0 Å². The van der Waals surface area contributed by atoms with Gasteiger partial charge >= 0.3 is 0 Å². The second kappa shape index (κ2) is 5.22. The first-order valence-electron chi connectivity index (χ1n) is 6.55. The standard InChI is InChI=1S/C16H27N/c1-11-9-12(2)14(4)15(13(11)3)7-8-16(5,6)10-17/h9H,7-8,10,17H2,1-6H3. The van der Waals surface area contributed by atoms with Crippen LogP contribution in [-0.2, 0) is 6.42 Å². The van der Waals surface area contributed by atoms with Crippen molar-refractivity contribution in [1.29, 1.82) is 0 Å². The van der Waals surface area contributed by atoms with E-state index in [9.17, 15) is 0 Å². The fourth-order valence-corrected chi connectivity index (χ4v) is 2.24. The maximum absolute atomic E-state index is 5.81. The van der Waals surface area contributed by atoms with Gasteiger partial charge in [-0.05, 0) is 80.3 Å². The summed E-state index contributed by atoms with van der Waals surface area (Å²) in [6.07, 6.45) is 2.30. The Morgan fingerprint density at radius 1 is 1.00 bits per heavy atom. The molecule has 0 bridgehead atoms. The van der Waals surface area contributed by atoms with Crippen LogP contribution in [0.25, 0.3) is 0 Å². The van der Waals surface area contributed by atoms with Gasteiger partial charge in [-0.15, -0.1) is 0 Å². The van der Waals surface area contributed by atoms with E-state index in [4.69, 9.17) is 5.73 Å². The molecule has 0 aliphatic rings. The molecule has 0 aliphatic heterocycles. The minimum atomic E-state index is 0.247. The molecule has 1 aromatic carbocycles. The van der Waals surface area contributed by atoms with Gasteiger partial charge < -0.3 is 5.73 Å². The summed E-state index contributed by atoms with van der Waals surface area (Å²) in [6.45, 7) is 14.2. The van der Waals surface area contributed by atoms with Crippen LogP contribution >= 0.6 is 0 Å². The minimum absolute atomic E-state index is 0.247. The smallest absolute Gasteiger partial charge is 0.00257 e. The summed E-state index contributed by atoms with van der Waals surface area (Å²) in [5.74, 6) is 0. The number of rotatable bonds is 4. The van der Waals surface area contributed by atoms with Crippen LogP contribution in [0.2, 0.25) is 0 Å². The molecule has 0 fully saturated rings. The van der Waals surface area contributed by atoms with E-state index in [0.29, 0.717) is 0 Å². The molecular formula is C16H27N. The van der Waals surface area contributed by atoms with E-state index in [2.05, 4.69) is 47.6 Å². The molecule has 0 aliphatic carbocycles. The van der Waals surface area contributed by atoms with Crippen LogP contribution in [0.5, 0.6) is 0 Å². The van der Waals surface area contributed by atoms with Crippen LogP contribution in [-0.4, -0.2) is 6.54 Å². The van der Waals surface area contributed by atoms with E-state index in [1.807, 2.05) is 0 Å². The van der Waals surface area contributed by atoms with E-state index >= 15 is 0 Å². The largest absolute Gasteiger partial charge is 0.330 e. The topological polar surface area (TPSA) is 26.0 Å². The average Bonchev–Trinajstić information content (AvgIpc) is 2.26. The number of nitrogens with two attached hydrogens (primary N) is 1. The molecule has 17 heavy (non-hydrogen) atoms. The predicted octanol–water partition coefficient (Wildman–Crippen LogP) is 3.84. The van der Waals surface area contributed by atoms with Crippen molar-refractivity contribution in [3.8, 4) is 0 Å². The summed E-state index contributed by atoms with van der Waals surface area (Å²) < 4.78 is 0. The maximum Gasteiger partial charge on any atom is -0.00257 e. The van der Waals surface area contributed by atoms with Crippen LogP contribution in [0, 0.1) is 33.1 Å². The van der Waals surface area contributed by atoms with Crippen molar-refractivity contribution in [2.24, 2.45) is 11.1 Å². The molecule has 0 saturated heterocycles. The summed E-state index contributed by atoms with van der Waals surface area (Å²) >= 11 is 0. The zero-order valence-electron chi connectivity index (χ0n) is 12.3. The Hall–Kier alpha value is -0.820. The molecule has 1 aromatic rings. The molecule has 0 saturated carbocycles. The summed E-state index contributed by atoms with van der Waals surface area (Å²) in [4.78, 5) is 0. The normalized spacial score (nSPS) is 11.9. The molecule has 0 spiro atoms. The lowest BCUT2D eigenvalue weighted by molar-refractivity contribution is 0.347. The Morgan fingerprint density at radius 3 is 1.88 bits per heavy atom. The van der Waals surface area contributed by atoms with Gasteiger partial charge in [0.2, 0.25) is 0 Å². The Balaban J connectivity index is 2.99. The molecular weight excluding hydrogens is 206 g/mol. The molecule has 1 nitrogen and oxygen atoms in total. The first kappa shape index (κ1) is 14.2. The van der Waals surface area contributed by atoms with Gasteiger partial charge in [-0.3, -0.25) is 0 Å². The highest BCUT2D eigenvalue weighted by Crippen LogP contribution is 2.27. The lowest BCUT2D eigenvalue weighted by Gasteiger charge is -2.24. The predicted molar refractivity (Wildman–Crippen MR) is 76.5 cm³/mol. The Bertz CT molecular complexity index is 376. The highest BCUT2D eigenvalue weighted by atomic mass is 14.6. The second-order valence-electron chi connectivity index (χ2n) is 6.11. The van der Waals surface area contributed by atoms with Crippen molar-refractivity contribution < 1.29 is 0 Å². The fourth-order valence-electron chi connectivity index (χ4n) is 2.24. The van der Waals surface area contributed by atoms with E-state index in [-0.39, 0.29) is 5.41 Å². The van der Waals surface area contributed by atoms with E-state index in [0.717, 1.165) is 19.4 Å². The van der Waals surface area contributed by atoms with Gasteiger partial charge in [0, 0.05) is 0 Å². The number of aryl methyl sites for hydroxylation is 2. The number of hydrogen-bond donors (Lipinski definition) is 1. The quantitative estimate of drug-likeness (QED) is 0.840. The second-order valence-corrected chi connectivity index (χ2v) is 6.11. The molecule has 0 radical (unpaired) electrons. The molecule has 0 amide bonds. The SMILES string of the molecule is Cc1cc(C)c(C)c(CCC(C)(C)CN)c1C. The monoisotopic (exact) mass is 233 g/mol. The van der Waals surface area contributed by atoms with E-state index in [1.165, 1.54) is 27.8 Å². The number of hydrogen-bond acceptors (Lipinski definition) is 1. The third-order valence-corrected chi connectivity index (χ3v) is 4.13. The zero-order valence-corrected chi connectivity index (χ0v) is 12.3. The highest BCUT2D eigenvalue weighted by molar-refractivity contribution is 5.44. The maximum atomic E-state index is 5.81. The molecule has 0 atom stereocenters. The van der Waals surface area contributed by atoms with Crippen LogP contribution in [0.4, 0.5) is 0 Å². The molecule has 2 N–H and O–H groups in total. The zero-order chi connectivity index (χ0) is 13.2. The lowest BCUT2D eigenvalue weighted by Crippen LogP contribution is -2.24. The van der Waals surface area contributed by atoms with Crippen LogP contribution in [0.15, 0.2) is 6.07 Å². The Labute approximate surface area is 106 Å². The summed E-state index contributed by atoms with van der Waals surface area (Å²) in [5.41, 5.74) is 13.3. The van der Waals surface area contributed by atoms with Crippen LogP contribution < -0.4 is 5.73 Å². The molecule has 0 heterocycles. The number of benzene rings is 1. The molecule has 0 aromatic heterocycles. The first-order chi connectivity index (χ1) is 7.78. The summed E-state index contributed by atoms with van der Waals surface area (Å²) in [6, 6.07) is 2.29. The average molecular weight is 233 g/mol. The summed E-state index contributed by atoms with van der Waals surface area (Å²) in [5, 5.41) is 0. The van der Waals surface area contributed by atoms with Gasteiger partial charge in [0.25, 0.3) is 0 Å². The van der Waals surface area contributed by atoms with Crippen molar-refractivity contribution >= 4 is 0 Å². The third-order valence-electron chi connectivity index (χ3n) is 4.13. The lowest BCUT2D eigenvalue weighted by atomic mass is 9.83. The van der Waals surface area contributed by atoms with Crippen molar-refractivity contribution in [2.45, 2.75) is 54.4 Å². The molecule has 96 valence electrons. The van der Waals surface area contributed by atoms with Crippen LogP contribution in [0.3, 0.4) is 0 Å². The van der Waals surface area contributed by atoms with Crippen molar-refractivity contribution in [3.05, 3.63) is 33.9 Å². The van der Waals surface area contributed by atoms with Gasteiger partial charge in [0.1, 0.15) is 0 Å². The van der Waals surface area contributed by atoms with Crippen LogP contribution in [0.1, 0.15) is 48.1 Å². The van der Waals surface area contributed by atoms with Gasteiger partial charge in [0.15, 0.2) is 0 Å². The highest BCUT2D eigenvalue weighted by Gasteiger charge is 2.17. The van der Waals surface area contributed by atoms with E-state index < -0.39 is 0 Å². The van der Waals surface area contributed by atoms with Crippen molar-refractivity contribution in [2.75, 3.05) is 6.54 Å². The van der Waals surface area contributed by atoms with Crippen molar-refractivity contribution in [1.82, 2.24) is 0 Å². The van der Waals surface area contributed by atoms with Crippen molar-refractivity contribution in [3.63, 3.8) is 0 Å². The Kier molecular flexibility index (Phi) is 4.37. The third kappa shape index (κ3) is 3.32. The van der Waals surface area contributed by atoms with E-state index in [1.54, 1.807) is 0 Å². The first-order valence-corrected chi connectivity index (χ1v) is 6.55. The minimum Gasteiger partial charge on any atom is -0.330 e. The molecule has 1 heteroatoms. The fraction of sp³-hybridized carbons (Fsp3) is 0.625. The van der Waals surface area contributed by atoms with Gasteiger partial charge in [-0.1, -0.05) is 19.9 Å². The molecule has 1 rings (SSSR count).